The van der Waals surface area contributed by atoms with E-state index in [9.17, 15) is 8.78 Å². The SMILES string of the molecule is Fc1cc(Cl)c(C(Cl)c2ccc3c(c2)COC3)cc1F. The predicted molar refractivity (Wildman–Crippen MR) is 74.0 cm³/mol. The summed E-state index contributed by atoms with van der Waals surface area (Å²) in [6.45, 7) is 1.13. The molecule has 0 N–H and O–H groups in total. The Bertz CT molecular complexity index is 673. The summed E-state index contributed by atoms with van der Waals surface area (Å²) in [5.41, 5.74) is 3.32. The van der Waals surface area contributed by atoms with Gasteiger partial charge in [0.2, 0.25) is 0 Å². The third kappa shape index (κ3) is 2.41. The molecule has 0 bridgehead atoms. The Hall–Kier alpha value is -1.16. The van der Waals surface area contributed by atoms with Crippen molar-refractivity contribution < 1.29 is 13.5 Å². The number of fused-ring (bicyclic) bond motifs is 1. The van der Waals surface area contributed by atoms with Gasteiger partial charge in [-0.2, -0.15) is 0 Å². The lowest BCUT2D eigenvalue weighted by atomic mass is 10.00. The highest BCUT2D eigenvalue weighted by Crippen LogP contribution is 2.36. The largest absolute Gasteiger partial charge is 0.372 e. The lowest BCUT2D eigenvalue weighted by Gasteiger charge is -2.13. The molecular weight excluding hydrogens is 305 g/mol. The van der Waals surface area contributed by atoms with Gasteiger partial charge >= 0.3 is 0 Å². The molecule has 0 saturated carbocycles. The normalized spacial score (nSPS) is 15.2. The molecule has 1 aliphatic heterocycles. The summed E-state index contributed by atoms with van der Waals surface area (Å²) in [5.74, 6) is -1.94. The quantitative estimate of drug-likeness (QED) is 0.561. The minimum atomic E-state index is -0.982. The van der Waals surface area contributed by atoms with Crippen molar-refractivity contribution in [3.8, 4) is 0 Å². The van der Waals surface area contributed by atoms with Crippen LogP contribution in [0.15, 0.2) is 30.3 Å². The first-order chi connectivity index (χ1) is 9.56. The molecule has 0 saturated heterocycles. The van der Waals surface area contributed by atoms with Gasteiger partial charge in [-0.3, -0.25) is 0 Å². The summed E-state index contributed by atoms with van der Waals surface area (Å²) >= 11 is 12.3. The van der Waals surface area contributed by atoms with E-state index < -0.39 is 17.0 Å². The van der Waals surface area contributed by atoms with E-state index in [1.807, 2.05) is 18.2 Å². The second kappa shape index (κ2) is 5.32. The molecule has 0 aromatic heterocycles. The number of hydrogen-bond acceptors (Lipinski definition) is 1. The highest BCUT2D eigenvalue weighted by atomic mass is 35.5. The molecule has 104 valence electrons. The van der Waals surface area contributed by atoms with Crippen LogP contribution in [-0.2, 0) is 18.0 Å². The van der Waals surface area contributed by atoms with Gasteiger partial charge in [0.1, 0.15) is 0 Å². The lowest BCUT2D eigenvalue weighted by molar-refractivity contribution is 0.134. The molecule has 0 amide bonds. The molecule has 0 aliphatic carbocycles. The minimum absolute atomic E-state index is 0.112. The average molecular weight is 315 g/mol. The molecule has 0 spiro atoms. The Labute approximate surface area is 125 Å². The Kier molecular flexibility index (Phi) is 3.67. The second-order valence-corrected chi connectivity index (χ2v) is 5.51. The first kappa shape index (κ1) is 13.8. The first-order valence-corrected chi connectivity index (χ1v) is 6.85. The van der Waals surface area contributed by atoms with Gasteiger partial charge in [-0.15, -0.1) is 11.6 Å². The predicted octanol–water partition coefficient (Wildman–Crippen LogP) is 4.98. The van der Waals surface area contributed by atoms with Crippen molar-refractivity contribution in [2.45, 2.75) is 18.6 Å². The van der Waals surface area contributed by atoms with E-state index in [-0.39, 0.29) is 5.02 Å². The third-order valence-electron chi connectivity index (χ3n) is 3.35. The monoisotopic (exact) mass is 314 g/mol. The fraction of sp³-hybridized carbons (Fsp3) is 0.200. The highest BCUT2D eigenvalue weighted by molar-refractivity contribution is 6.33. The van der Waals surface area contributed by atoms with E-state index >= 15 is 0 Å². The summed E-state index contributed by atoms with van der Waals surface area (Å²) in [7, 11) is 0. The molecule has 1 unspecified atom stereocenters. The van der Waals surface area contributed by atoms with Crippen LogP contribution in [0.5, 0.6) is 0 Å². The standard InChI is InChI=1S/C15H10Cl2F2O/c16-12-5-14(19)13(18)4-11(12)15(17)8-1-2-9-6-20-7-10(9)3-8/h1-5,15H,6-7H2. The molecule has 3 rings (SSSR count). The van der Waals surface area contributed by atoms with Crippen molar-refractivity contribution >= 4 is 23.2 Å². The van der Waals surface area contributed by atoms with Crippen LogP contribution >= 0.6 is 23.2 Å². The van der Waals surface area contributed by atoms with E-state index in [1.54, 1.807) is 0 Å². The third-order valence-corrected chi connectivity index (χ3v) is 4.17. The molecule has 5 heteroatoms. The molecule has 2 aromatic rings. The first-order valence-electron chi connectivity index (χ1n) is 6.04. The van der Waals surface area contributed by atoms with Crippen LogP contribution in [0.3, 0.4) is 0 Å². The average Bonchev–Trinajstić information content (AvgIpc) is 2.89. The molecule has 0 fully saturated rings. The lowest BCUT2D eigenvalue weighted by Crippen LogP contribution is -1.98. The van der Waals surface area contributed by atoms with Crippen LogP contribution in [0, 0.1) is 11.6 Å². The molecule has 1 nitrogen and oxygen atoms in total. The van der Waals surface area contributed by atoms with E-state index in [2.05, 4.69) is 0 Å². The molecular formula is C15H10Cl2F2O. The van der Waals surface area contributed by atoms with Gasteiger partial charge in [0.25, 0.3) is 0 Å². The van der Waals surface area contributed by atoms with E-state index in [1.165, 1.54) is 0 Å². The number of ether oxygens (including phenoxy) is 1. The van der Waals surface area contributed by atoms with Crippen LogP contribution in [0.25, 0.3) is 0 Å². The molecule has 2 aromatic carbocycles. The van der Waals surface area contributed by atoms with Gasteiger partial charge in [0.05, 0.1) is 18.6 Å². The van der Waals surface area contributed by atoms with Crippen molar-refractivity contribution in [1.29, 1.82) is 0 Å². The van der Waals surface area contributed by atoms with Crippen molar-refractivity contribution in [3.63, 3.8) is 0 Å². The van der Waals surface area contributed by atoms with Gasteiger partial charge in [-0.25, -0.2) is 8.78 Å². The zero-order valence-corrected chi connectivity index (χ0v) is 11.8. The summed E-state index contributed by atoms with van der Waals surface area (Å²) < 4.78 is 31.8. The Morgan fingerprint density at radius 2 is 1.70 bits per heavy atom. The summed E-state index contributed by atoms with van der Waals surface area (Å²) in [4.78, 5) is 0. The maximum atomic E-state index is 13.3. The maximum absolute atomic E-state index is 13.3. The minimum Gasteiger partial charge on any atom is -0.372 e. The van der Waals surface area contributed by atoms with Crippen LogP contribution < -0.4 is 0 Å². The van der Waals surface area contributed by atoms with E-state index in [0.717, 1.165) is 28.8 Å². The fourth-order valence-corrected chi connectivity index (χ4v) is 2.89. The van der Waals surface area contributed by atoms with Gasteiger partial charge in [-0.05, 0) is 34.4 Å². The van der Waals surface area contributed by atoms with E-state index in [0.29, 0.717) is 18.8 Å². The van der Waals surface area contributed by atoms with Crippen LogP contribution in [-0.4, -0.2) is 0 Å². The number of alkyl halides is 1. The van der Waals surface area contributed by atoms with Crippen LogP contribution in [0.4, 0.5) is 8.78 Å². The van der Waals surface area contributed by atoms with Gasteiger partial charge in [0.15, 0.2) is 11.6 Å². The number of benzene rings is 2. The Balaban J connectivity index is 2.00. The second-order valence-electron chi connectivity index (χ2n) is 4.67. The van der Waals surface area contributed by atoms with Gasteiger partial charge < -0.3 is 4.74 Å². The molecule has 1 aliphatic rings. The topological polar surface area (TPSA) is 9.23 Å². The van der Waals surface area contributed by atoms with E-state index in [4.69, 9.17) is 27.9 Å². The zero-order chi connectivity index (χ0) is 14.3. The highest BCUT2D eigenvalue weighted by Gasteiger charge is 2.20. The number of halogens is 4. The molecule has 20 heavy (non-hydrogen) atoms. The summed E-state index contributed by atoms with van der Waals surface area (Å²) in [6, 6.07) is 7.68. The maximum Gasteiger partial charge on any atom is 0.160 e. The van der Waals surface area contributed by atoms with Crippen molar-refractivity contribution in [1.82, 2.24) is 0 Å². The van der Waals surface area contributed by atoms with Crippen LogP contribution in [0.1, 0.15) is 27.6 Å². The van der Waals surface area contributed by atoms with Crippen molar-refractivity contribution in [2.24, 2.45) is 0 Å². The molecule has 0 radical (unpaired) electrons. The Morgan fingerprint density at radius 1 is 1.00 bits per heavy atom. The smallest absolute Gasteiger partial charge is 0.160 e. The number of hydrogen-bond donors (Lipinski definition) is 0. The van der Waals surface area contributed by atoms with Crippen LogP contribution in [0.2, 0.25) is 5.02 Å². The summed E-state index contributed by atoms with van der Waals surface area (Å²) in [6.07, 6.45) is 0. The van der Waals surface area contributed by atoms with Crippen molar-refractivity contribution in [2.75, 3.05) is 0 Å². The van der Waals surface area contributed by atoms with Crippen molar-refractivity contribution in [3.05, 3.63) is 69.2 Å². The van der Waals surface area contributed by atoms with Gasteiger partial charge in [-0.1, -0.05) is 29.8 Å². The fourth-order valence-electron chi connectivity index (χ4n) is 2.26. The number of rotatable bonds is 2. The molecule has 1 atom stereocenters. The summed E-state index contributed by atoms with van der Waals surface area (Å²) in [5, 5.41) is -0.524. The Morgan fingerprint density at radius 3 is 2.50 bits per heavy atom. The zero-order valence-electron chi connectivity index (χ0n) is 10.3. The molecule has 1 heterocycles. The van der Waals surface area contributed by atoms with Gasteiger partial charge in [0, 0.05) is 5.02 Å².